The fourth-order valence-corrected chi connectivity index (χ4v) is 3.08. The van der Waals surface area contributed by atoms with E-state index in [2.05, 4.69) is 0 Å². The number of ether oxygens (including phenoxy) is 4. The molecule has 0 fully saturated rings. The molecule has 1 unspecified atom stereocenters. The highest BCUT2D eigenvalue weighted by Gasteiger charge is 2.25. The molecule has 0 spiro atoms. The Morgan fingerprint density at radius 2 is 1.78 bits per heavy atom. The summed E-state index contributed by atoms with van der Waals surface area (Å²) in [6.45, 7) is 5.13. The predicted molar refractivity (Wildman–Crippen MR) is 98.4 cm³/mol. The molecule has 0 N–H and O–H groups in total. The van der Waals surface area contributed by atoms with E-state index in [0.29, 0.717) is 29.6 Å². The summed E-state index contributed by atoms with van der Waals surface area (Å²) in [6, 6.07) is 10.8. The van der Waals surface area contributed by atoms with Gasteiger partial charge in [0, 0.05) is 31.5 Å². The van der Waals surface area contributed by atoms with Gasteiger partial charge in [-0.15, -0.1) is 0 Å². The second kappa shape index (κ2) is 8.12. The Bertz CT molecular complexity index is 858. The quantitative estimate of drug-likeness (QED) is 0.585. The fraction of sp³-hybridized carbons (Fsp3) is 0.333. The van der Waals surface area contributed by atoms with E-state index in [1.807, 2.05) is 25.1 Å². The number of carbonyl (C=O) groups is 2. The molecule has 1 heterocycles. The largest absolute Gasteiger partial charge is 0.494 e. The van der Waals surface area contributed by atoms with Crippen LogP contribution in [0.15, 0.2) is 36.4 Å². The van der Waals surface area contributed by atoms with Crippen LogP contribution >= 0.6 is 0 Å². The molecule has 0 aromatic heterocycles. The van der Waals surface area contributed by atoms with E-state index < -0.39 is 5.97 Å². The van der Waals surface area contributed by atoms with Crippen LogP contribution in [0.3, 0.4) is 0 Å². The molecular formula is C21H22O6. The SMILES string of the molecule is CCOc1ccc(C2CCc3ccc(OC(C)=O)cc3O2)c(OC(C)=O)c1. The van der Waals surface area contributed by atoms with Crippen LogP contribution in [0.1, 0.15) is 44.4 Å². The highest BCUT2D eigenvalue weighted by molar-refractivity contribution is 5.70. The van der Waals surface area contributed by atoms with Gasteiger partial charge < -0.3 is 18.9 Å². The molecule has 1 aliphatic rings. The van der Waals surface area contributed by atoms with Crippen molar-refractivity contribution in [1.29, 1.82) is 0 Å². The maximum Gasteiger partial charge on any atom is 0.308 e. The van der Waals surface area contributed by atoms with Gasteiger partial charge >= 0.3 is 11.9 Å². The van der Waals surface area contributed by atoms with Crippen LogP contribution in [0.4, 0.5) is 0 Å². The molecule has 6 heteroatoms. The molecule has 2 aromatic carbocycles. The van der Waals surface area contributed by atoms with Gasteiger partial charge in [-0.2, -0.15) is 0 Å². The molecule has 0 saturated heterocycles. The second-order valence-electron chi connectivity index (χ2n) is 6.23. The number of esters is 2. The average molecular weight is 370 g/mol. The van der Waals surface area contributed by atoms with Crippen molar-refractivity contribution in [2.24, 2.45) is 0 Å². The van der Waals surface area contributed by atoms with Gasteiger partial charge in [-0.1, -0.05) is 6.07 Å². The summed E-state index contributed by atoms with van der Waals surface area (Å²) in [5.74, 6) is 1.37. The molecular weight excluding hydrogens is 348 g/mol. The van der Waals surface area contributed by atoms with Crippen LogP contribution in [-0.4, -0.2) is 18.5 Å². The summed E-state index contributed by atoms with van der Waals surface area (Å²) in [5, 5.41) is 0. The van der Waals surface area contributed by atoms with E-state index in [9.17, 15) is 9.59 Å². The number of aryl methyl sites for hydroxylation is 1. The minimum absolute atomic E-state index is 0.282. The van der Waals surface area contributed by atoms with Gasteiger partial charge in [0.1, 0.15) is 29.1 Å². The van der Waals surface area contributed by atoms with Crippen molar-refractivity contribution in [3.05, 3.63) is 47.5 Å². The molecule has 6 nitrogen and oxygen atoms in total. The zero-order chi connectivity index (χ0) is 19.4. The van der Waals surface area contributed by atoms with Crippen molar-refractivity contribution in [2.75, 3.05) is 6.61 Å². The molecule has 0 radical (unpaired) electrons. The van der Waals surface area contributed by atoms with E-state index in [1.165, 1.54) is 13.8 Å². The van der Waals surface area contributed by atoms with Gasteiger partial charge in [0.2, 0.25) is 0 Å². The molecule has 27 heavy (non-hydrogen) atoms. The highest BCUT2D eigenvalue weighted by Crippen LogP contribution is 2.40. The van der Waals surface area contributed by atoms with Crippen LogP contribution < -0.4 is 18.9 Å². The number of rotatable bonds is 5. The first-order chi connectivity index (χ1) is 13.0. The molecule has 0 aliphatic carbocycles. The van der Waals surface area contributed by atoms with Crippen LogP contribution in [0.25, 0.3) is 0 Å². The average Bonchev–Trinajstić information content (AvgIpc) is 2.60. The minimum Gasteiger partial charge on any atom is -0.494 e. The number of carbonyl (C=O) groups excluding carboxylic acids is 2. The maximum atomic E-state index is 11.5. The lowest BCUT2D eigenvalue weighted by atomic mass is 9.96. The molecule has 0 amide bonds. The molecule has 1 atom stereocenters. The topological polar surface area (TPSA) is 71.1 Å². The summed E-state index contributed by atoms with van der Waals surface area (Å²) in [7, 11) is 0. The van der Waals surface area contributed by atoms with E-state index in [0.717, 1.165) is 24.0 Å². The van der Waals surface area contributed by atoms with Crippen molar-refractivity contribution >= 4 is 11.9 Å². The third-order valence-corrected chi connectivity index (χ3v) is 4.14. The third-order valence-electron chi connectivity index (χ3n) is 4.14. The zero-order valence-corrected chi connectivity index (χ0v) is 15.6. The van der Waals surface area contributed by atoms with Crippen LogP contribution in [-0.2, 0) is 16.0 Å². The third kappa shape index (κ3) is 4.58. The van der Waals surface area contributed by atoms with Gasteiger partial charge in [-0.25, -0.2) is 0 Å². The Kier molecular flexibility index (Phi) is 5.64. The number of fused-ring (bicyclic) bond motifs is 1. The van der Waals surface area contributed by atoms with Crippen molar-refractivity contribution in [2.45, 2.75) is 39.7 Å². The number of benzene rings is 2. The number of hydrogen-bond donors (Lipinski definition) is 0. The first-order valence-corrected chi connectivity index (χ1v) is 8.89. The van der Waals surface area contributed by atoms with E-state index in [4.69, 9.17) is 18.9 Å². The molecule has 3 rings (SSSR count). The Morgan fingerprint density at radius 3 is 2.48 bits per heavy atom. The first-order valence-electron chi connectivity index (χ1n) is 8.89. The summed E-state index contributed by atoms with van der Waals surface area (Å²) in [5.41, 5.74) is 1.82. The lowest BCUT2D eigenvalue weighted by Gasteiger charge is -2.28. The Balaban J connectivity index is 1.89. The van der Waals surface area contributed by atoms with Crippen LogP contribution in [0.2, 0.25) is 0 Å². The monoisotopic (exact) mass is 370 g/mol. The molecule has 1 aliphatic heterocycles. The first kappa shape index (κ1) is 18.8. The summed E-state index contributed by atoms with van der Waals surface area (Å²) >= 11 is 0. The minimum atomic E-state index is -0.404. The normalized spacial score (nSPS) is 15.3. The van der Waals surface area contributed by atoms with Crippen molar-refractivity contribution in [3.8, 4) is 23.0 Å². The standard InChI is InChI=1S/C21H22O6/c1-4-24-16-8-9-18(21(11-16)26-14(3)23)19-10-6-15-5-7-17(25-13(2)22)12-20(15)27-19/h5,7-9,11-12,19H,4,6,10H2,1-3H3. The van der Waals surface area contributed by atoms with Crippen molar-refractivity contribution in [1.82, 2.24) is 0 Å². The van der Waals surface area contributed by atoms with Crippen molar-refractivity contribution in [3.63, 3.8) is 0 Å². The molecule has 0 bridgehead atoms. The molecule has 0 saturated carbocycles. The Morgan fingerprint density at radius 1 is 1.04 bits per heavy atom. The van der Waals surface area contributed by atoms with Gasteiger partial charge in [0.15, 0.2) is 0 Å². The lowest BCUT2D eigenvalue weighted by Crippen LogP contribution is -2.17. The van der Waals surface area contributed by atoms with Gasteiger partial charge in [-0.05, 0) is 43.5 Å². The highest BCUT2D eigenvalue weighted by atomic mass is 16.5. The van der Waals surface area contributed by atoms with Crippen LogP contribution in [0, 0.1) is 0 Å². The van der Waals surface area contributed by atoms with E-state index >= 15 is 0 Å². The summed E-state index contributed by atoms with van der Waals surface area (Å²) < 4.78 is 22.2. The van der Waals surface area contributed by atoms with Gasteiger partial charge in [0.25, 0.3) is 0 Å². The van der Waals surface area contributed by atoms with Crippen LogP contribution in [0.5, 0.6) is 23.0 Å². The van der Waals surface area contributed by atoms with E-state index in [1.54, 1.807) is 18.2 Å². The predicted octanol–water partition coefficient (Wildman–Crippen LogP) is 4.00. The zero-order valence-electron chi connectivity index (χ0n) is 15.6. The smallest absolute Gasteiger partial charge is 0.308 e. The van der Waals surface area contributed by atoms with Crippen molar-refractivity contribution < 1.29 is 28.5 Å². The van der Waals surface area contributed by atoms with Gasteiger partial charge in [-0.3, -0.25) is 9.59 Å². The lowest BCUT2D eigenvalue weighted by molar-refractivity contribution is -0.132. The fourth-order valence-electron chi connectivity index (χ4n) is 3.08. The second-order valence-corrected chi connectivity index (χ2v) is 6.23. The Labute approximate surface area is 158 Å². The summed E-state index contributed by atoms with van der Waals surface area (Å²) in [4.78, 5) is 22.7. The molecule has 2 aromatic rings. The van der Waals surface area contributed by atoms with Gasteiger partial charge in [0.05, 0.1) is 6.61 Å². The van der Waals surface area contributed by atoms with E-state index in [-0.39, 0.29) is 12.1 Å². The summed E-state index contributed by atoms with van der Waals surface area (Å²) in [6.07, 6.45) is 1.25. The maximum absolute atomic E-state index is 11.5. The molecule has 142 valence electrons. The Hall–Kier alpha value is -3.02. The number of hydrogen-bond acceptors (Lipinski definition) is 6.